The van der Waals surface area contributed by atoms with E-state index in [2.05, 4.69) is 10.1 Å². The third-order valence-electron chi connectivity index (χ3n) is 5.13. The molecule has 0 N–H and O–H groups in total. The molecule has 0 bridgehead atoms. The Balaban J connectivity index is 1.71. The van der Waals surface area contributed by atoms with Gasteiger partial charge in [-0.1, -0.05) is 24.2 Å². The van der Waals surface area contributed by atoms with E-state index in [0.717, 1.165) is 11.1 Å². The highest BCUT2D eigenvalue weighted by Gasteiger charge is 2.25. The first-order valence-corrected chi connectivity index (χ1v) is 10.4. The molecule has 1 aromatic heterocycles. The quantitative estimate of drug-likeness (QED) is 0.494. The van der Waals surface area contributed by atoms with Crippen molar-refractivity contribution in [2.45, 2.75) is 39.8 Å². The number of aromatic nitrogens is 2. The first-order valence-electron chi connectivity index (χ1n) is 10.4. The Hall–Kier alpha value is -3.55. The monoisotopic (exact) mass is 439 g/mol. The van der Waals surface area contributed by atoms with Crippen LogP contribution in [0.25, 0.3) is 11.4 Å². The average Bonchev–Trinajstić information content (AvgIpc) is 3.26. The maximum absolute atomic E-state index is 13.0. The van der Waals surface area contributed by atoms with Crippen LogP contribution >= 0.6 is 0 Å². The van der Waals surface area contributed by atoms with Crippen molar-refractivity contribution in [3.05, 3.63) is 53.4 Å². The molecule has 0 aliphatic heterocycles. The highest BCUT2D eigenvalue weighted by Crippen LogP contribution is 2.31. The van der Waals surface area contributed by atoms with Crippen LogP contribution in [0.4, 0.5) is 0 Å². The molecular weight excluding hydrogens is 410 g/mol. The number of aryl methyl sites for hydroxylation is 2. The first kappa shape index (κ1) is 23.1. The second-order valence-corrected chi connectivity index (χ2v) is 7.56. The molecule has 0 aliphatic carbocycles. The minimum Gasteiger partial charge on any atom is -0.497 e. The minimum atomic E-state index is -0.607. The van der Waals surface area contributed by atoms with Crippen LogP contribution in [-0.2, 0) is 11.3 Å². The molecule has 0 unspecified atom stereocenters. The summed E-state index contributed by atoms with van der Waals surface area (Å²) >= 11 is 0. The number of ether oxygens (including phenoxy) is 3. The average molecular weight is 440 g/mol. The molecule has 3 rings (SSSR count). The van der Waals surface area contributed by atoms with E-state index in [9.17, 15) is 4.79 Å². The zero-order valence-electron chi connectivity index (χ0n) is 19.3. The van der Waals surface area contributed by atoms with Crippen LogP contribution in [0.2, 0.25) is 0 Å². The van der Waals surface area contributed by atoms with Crippen molar-refractivity contribution >= 4 is 5.91 Å². The van der Waals surface area contributed by atoms with Gasteiger partial charge in [-0.3, -0.25) is 4.79 Å². The first-order chi connectivity index (χ1) is 15.4. The number of likely N-dealkylation sites (N-methyl/N-ethyl adjacent to an activating group) is 1. The Labute approximate surface area is 188 Å². The molecule has 0 aliphatic rings. The predicted molar refractivity (Wildman–Crippen MR) is 120 cm³/mol. The topological polar surface area (TPSA) is 86.9 Å². The van der Waals surface area contributed by atoms with E-state index in [0.29, 0.717) is 40.9 Å². The number of hydrogen-bond acceptors (Lipinski definition) is 7. The maximum atomic E-state index is 13.0. The van der Waals surface area contributed by atoms with Crippen molar-refractivity contribution in [2.75, 3.05) is 21.3 Å². The molecule has 0 radical (unpaired) electrons. The van der Waals surface area contributed by atoms with Crippen molar-refractivity contribution in [2.24, 2.45) is 0 Å². The normalized spacial score (nSPS) is 11.7. The highest BCUT2D eigenvalue weighted by atomic mass is 16.5. The van der Waals surface area contributed by atoms with Crippen LogP contribution in [0.3, 0.4) is 0 Å². The number of benzene rings is 2. The number of carbonyl (C=O) groups excluding carboxylic acids is 1. The van der Waals surface area contributed by atoms with Crippen LogP contribution in [0, 0.1) is 13.8 Å². The van der Waals surface area contributed by atoms with Gasteiger partial charge in [0.25, 0.3) is 5.91 Å². The molecule has 1 amide bonds. The molecule has 8 heteroatoms. The molecule has 2 aromatic carbocycles. The van der Waals surface area contributed by atoms with Crippen molar-refractivity contribution in [1.82, 2.24) is 15.0 Å². The molecule has 0 spiro atoms. The van der Waals surface area contributed by atoms with Gasteiger partial charge < -0.3 is 23.6 Å². The fraction of sp³-hybridized carbons (Fsp3) is 0.375. The zero-order chi connectivity index (χ0) is 23.3. The van der Waals surface area contributed by atoms with E-state index in [1.54, 1.807) is 39.5 Å². The molecule has 1 atom stereocenters. The SMILES string of the molecule is CC[C@H](Oc1cc(C)ccc1C)C(=O)N(C)Cc1nc(-c2ccc(OC)cc2OC)no1. The van der Waals surface area contributed by atoms with Gasteiger partial charge in [0.15, 0.2) is 6.10 Å². The summed E-state index contributed by atoms with van der Waals surface area (Å²) < 4.78 is 22.0. The summed E-state index contributed by atoms with van der Waals surface area (Å²) in [6.45, 7) is 6.04. The van der Waals surface area contributed by atoms with Gasteiger partial charge in [-0.25, -0.2) is 0 Å². The number of rotatable bonds is 9. The lowest BCUT2D eigenvalue weighted by Gasteiger charge is -2.23. The Morgan fingerprint density at radius 2 is 1.88 bits per heavy atom. The third-order valence-corrected chi connectivity index (χ3v) is 5.13. The third kappa shape index (κ3) is 5.19. The number of carbonyl (C=O) groups is 1. The lowest BCUT2D eigenvalue weighted by atomic mass is 10.1. The molecule has 170 valence electrons. The van der Waals surface area contributed by atoms with Crippen LogP contribution in [-0.4, -0.2) is 48.3 Å². The molecule has 8 nitrogen and oxygen atoms in total. The molecule has 3 aromatic rings. The van der Waals surface area contributed by atoms with Gasteiger partial charge in [0.1, 0.15) is 17.2 Å². The number of hydrogen-bond donors (Lipinski definition) is 0. The summed E-state index contributed by atoms with van der Waals surface area (Å²) in [6, 6.07) is 11.3. The fourth-order valence-electron chi connectivity index (χ4n) is 3.23. The van der Waals surface area contributed by atoms with Crippen LogP contribution in [0.1, 0.15) is 30.4 Å². The van der Waals surface area contributed by atoms with Gasteiger partial charge in [0.2, 0.25) is 11.7 Å². The lowest BCUT2D eigenvalue weighted by molar-refractivity contribution is -0.138. The smallest absolute Gasteiger partial charge is 0.263 e. The summed E-state index contributed by atoms with van der Waals surface area (Å²) in [5.41, 5.74) is 2.73. The fourth-order valence-corrected chi connectivity index (χ4v) is 3.23. The summed E-state index contributed by atoms with van der Waals surface area (Å²) in [5, 5.41) is 4.04. The molecule has 0 saturated heterocycles. The number of nitrogens with zero attached hydrogens (tertiary/aromatic N) is 3. The largest absolute Gasteiger partial charge is 0.497 e. The van der Waals surface area contributed by atoms with Gasteiger partial charge in [0.05, 0.1) is 26.3 Å². The lowest BCUT2D eigenvalue weighted by Crippen LogP contribution is -2.39. The van der Waals surface area contributed by atoms with Gasteiger partial charge >= 0.3 is 0 Å². The number of amides is 1. The second kappa shape index (κ2) is 10.2. The molecule has 0 fully saturated rings. The van der Waals surface area contributed by atoms with Gasteiger partial charge in [-0.15, -0.1) is 0 Å². The van der Waals surface area contributed by atoms with E-state index >= 15 is 0 Å². The van der Waals surface area contributed by atoms with E-state index in [4.69, 9.17) is 18.7 Å². The maximum Gasteiger partial charge on any atom is 0.263 e. The van der Waals surface area contributed by atoms with Gasteiger partial charge in [0, 0.05) is 13.1 Å². The molecule has 0 saturated carbocycles. The summed E-state index contributed by atoms with van der Waals surface area (Å²) in [4.78, 5) is 19.0. The molecular formula is C24H29N3O5. The van der Waals surface area contributed by atoms with Crippen molar-refractivity contribution < 1.29 is 23.5 Å². The minimum absolute atomic E-state index is 0.157. The second-order valence-electron chi connectivity index (χ2n) is 7.56. The summed E-state index contributed by atoms with van der Waals surface area (Å²) in [5.74, 6) is 2.47. The van der Waals surface area contributed by atoms with Crippen LogP contribution < -0.4 is 14.2 Å². The Morgan fingerprint density at radius 3 is 2.56 bits per heavy atom. The van der Waals surface area contributed by atoms with Crippen molar-refractivity contribution in [1.29, 1.82) is 0 Å². The summed E-state index contributed by atoms with van der Waals surface area (Å²) in [7, 11) is 4.84. The standard InChI is InChI=1S/C24H29N3O5/c1-7-19(31-20-12-15(2)8-9-16(20)3)24(28)27(4)14-22-25-23(26-32-22)18-11-10-17(29-5)13-21(18)30-6/h8-13,19H,7,14H2,1-6H3/t19-/m0/s1. The van der Waals surface area contributed by atoms with Crippen LogP contribution in [0.15, 0.2) is 40.9 Å². The zero-order valence-corrected chi connectivity index (χ0v) is 19.3. The van der Waals surface area contributed by atoms with E-state index < -0.39 is 6.10 Å². The Bertz CT molecular complexity index is 1080. The van der Waals surface area contributed by atoms with Crippen LogP contribution in [0.5, 0.6) is 17.2 Å². The Morgan fingerprint density at radius 1 is 1.09 bits per heavy atom. The molecule has 1 heterocycles. The highest BCUT2D eigenvalue weighted by molar-refractivity contribution is 5.81. The van der Waals surface area contributed by atoms with Crippen molar-refractivity contribution in [3.63, 3.8) is 0 Å². The molecule has 32 heavy (non-hydrogen) atoms. The van der Waals surface area contributed by atoms with E-state index in [1.165, 1.54) is 4.90 Å². The van der Waals surface area contributed by atoms with Gasteiger partial charge in [-0.2, -0.15) is 4.98 Å². The van der Waals surface area contributed by atoms with Crippen molar-refractivity contribution in [3.8, 4) is 28.6 Å². The summed E-state index contributed by atoms with van der Waals surface area (Å²) in [6.07, 6.45) is -0.0705. The van der Waals surface area contributed by atoms with E-state index in [1.807, 2.05) is 39.0 Å². The van der Waals surface area contributed by atoms with Gasteiger partial charge in [-0.05, 0) is 49.6 Å². The Kier molecular flexibility index (Phi) is 7.35. The predicted octanol–water partition coefficient (Wildman–Crippen LogP) is 4.19. The van der Waals surface area contributed by atoms with E-state index in [-0.39, 0.29) is 12.5 Å². The number of methoxy groups -OCH3 is 2.